The zero-order valence-corrected chi connectivity index (χ0v) is 8.83. The lowest BCUT2D eigenvalue weighted by Crippen LogP contribution is -2.16. The Balaban J connectivity index is 0.000000845. The number of aromatic hydroxyl groups is 1. The van der Waals surface area contributed by atoms with Crippen LogP contribution in [0.1, 0.15) is 5.56 Å². The summed E-state index contributed by atoms with van der Waals surface area (Å²) in [6.07, 6.45) is 0. The summed E-state index contributed by atoms with van der Waals surface area (Å²) in [5, 5.41) is 12.6. The third-order valence-corrected chi connectivity index (χ3v) is 1.92. The second kappa shape index (κ2) is 4.48. The van der Waals surface area contributed by atoms with Crippen molar-refractivity contribution in [3.8, 4) is 11.5 Å². The maximum atomic E-state index is 9.43. The molecule has 0 radical (unpaired) electrons. The molecule has 0 spiro atoms. The van der Waals surface area contributed by atoms with E-state index in [1.54, 1.807) is 6.07 Å². The Morgan fingerprint density at radius 2 is 2.23 bits per heavy atom. The topological polar surface area (TPSA) is 41.5 Å². The van der Waals surface area contributed by atoms with E-state index < -0.39 is 0 Å². The van der Waals surface area contributed by atoms with Gasteiger partial charge in [0.2, 0.25) is 0 Å². The van der Waals surface area contributed by atoms with E-state index in [1.807, 2.05) is 12.1 Å². The lowest BCUT2D eigenvalue weighted by atomic mass is 10.2. The highest BCUT2D eigenvalue weighted by atomic mass is 79.9. The molecule has 0 aromatic heterocycles. The molecule has 1 heterocycles. The maximum absolute atomic E-state index is 9.43. The van der Waals surface area contributed by atoms with Crippen LogP contribution in [-0.4, -0.2) is 18.3 Å². The largest absolute Gasteiger partial charge is 0.504 e. The van der Waals surface area contributed by atoms with Crippen molar-refractivity contribution < 1.29 is 9.84 Å². The summed E-state index contributed by atoms with van der Waals surface area (Å²) < 4.78 is 5.37. The van der Waals surface area contributed by atoms with Gasteiger partial charge < -0.3 is 15.2 Å². The lowest BCUT2D eigenvalue weighted by molar-refractivity contribution is 0.307. The molecule has 3 nitrogen and oxygen atoms in total. The fraction of sp³-hybridized carbons (Fsp3) is 0.333. The quantitative estimate of drug-likeness (QED) is 0.728. The van der Waals surface area contributed by atoms with Crippen LogP contribution in [0, 0.1) is 0 Å². The van der Waals surface area contributed by atoms with Crippen LogP contribution in [0.2, 0.25) is 0 Å². The Hall–Kier alpha value is -0.740. The van der Waals surface area contributed by atoms with Crippen molar-refractivity contribution in [2.24, 2.45) is 0 Å². The number of halogens is 1. The number of hydrogen-bond donors (Lipinski definition) is 2. The van der Waals surface area contributed by atoms with E-state index in [1.165, 1.54) is 0 Å². The van der Waals surface area contributed by atoms with Gasteiger partial charge in [-0.15, -0.1) is 17.0 Å². The fourth-order valence-electron chi connectivity index (χ4n) is 1.33. The monoisotopic (exact) mass is 245 g/mol. The first-order valence-electron chi connectivity index (χ1n) is 4.02. The van der Waals surface area contributed by atoms with Gasteiger partial charge >= 0.3 is 0 Å². The molecule has 0 atom stereocenters. The Bertz CT molecular complexity index is 291. The highest BCUT2D eigenvalue weighted by molar-refractivity contribution is 8.93. The summed E-state index contributed by atoms with van der Waals surface area (Å²) in [6.45, 7) is 2.21. The van der Waals surface area contributed by atoms with E-state index in [4.69, 9.17) is 4.74 Å². The summed E-state index contributed by atoms with van der Waals surface area (Å²) in [7, 11) is 0. The second-order valence-corrected chi connectivity index (χ2v) is 2.79. The zero-order chi connectivity index (χ0) is 8.39. The van der Waals surface area contributed by atoms with E-state index in [-0.39, 0.29) is 22.7 Å². The minimum absolute atomic E-state index is 0. The minimum atomic E-state index is 0. The standard InChI is InChI=1S/C9H11NO2.BrH/c11-8-3-1-2-7-6-10-4-5-12-9(7)8;/h1-3,10-11H,4-6H2;1H. The number of hydrogen-bond acceptors (Lipinski definition) is 3. The van der Waals surface area contributed by atoms with Gasteiger partial charge in [0, 0.05) is 18.7 Å². The molecule has 4 heteroatoms. The number of nitrogens with one attached hydrogen (secondary N) is 1. The van der Waals surface area contributed by atoms with Gasteiger partial charge in [-0.2, -0.15) is 0 Å². The lowest BCUT2D eigenvalue weighted by Gasteiger charge is -2.07. The number of fused-ring (bicyclic) bond motifs is 1. The first-order chi connectivity index (χ1) is 5.88. The molecule has 0 saturated carbocycles. The molecule has 1 aliphatic rings. The zero-order valence-electron chi connectivity index (χ0n) is 7.12. The summed E-state index contributed by atoms with van der Waals surface area (Å²) in [6, 6.07) is 5.42. The summed E-state index contributed by atoms with van der Waals surface area (Å²) in [4.78, 5) is 0. The van der Waals surface area contributed by atoms with Crippen LogP contribution in [0.5, 0.6) is 11.5 Å². The van der Waals surface area contributed by atoms with Crippen LogP contribution in [0.15, 0.2) is 18.2 Å². The van der Waals surface area contributed by atoms with E-state index in [9.17, 15) is 5.11 Å². The van der Waals surface area contributed by atoms with Crippen molar-refractivity contribution in [1.29, 1.82) is 0 Å². The molecule has 13 heavy (non-hydrogen) atoms. The van der Waals surface area contributed by atoms with Gasteiger partial charge in [-0.05, 0) is 6.07 Å². The third-order valence-electron chi connectivity index (χ3n) is 1.92. The SMILES string of the molecule is Br.Oc1cccc2c1OCCNC2. The normalized spacial score (nSPS) is 14.8. The van der Waals surface area contributed by atoms with Gasteiger partial charge in [0.15, 0.2) is 11.5 Å². The number of para-hydroxylation sites is 1. The number of rotatable bonds is 0. The predicted molar refractivity (Wildman–Crippen MR) is 55.6 cm³/mol. The molecule has 0 amide bonds. The maximum Gasteiger partial charge on any atom is 0.165 e. The van der Waals surface area contributed by atoms with Crippen molar-refractivity contribution >= 4 is 17.0 Å². The molecule has 0 fully saturated rings. The van der Waals surface area contributed by atoms with E-state index in [2.05, 4.69) is 5.32 Å². The highest BCUT2D eigenvalue weighted by Gasteiger charge is 2.11. The van der Waals surface area contributed by atoms with Gasteiger partial charge in [0.05, 0.1) is 0 Å². The Morgan fingerprint density at radius 3 is 3.08 bits per heavy atom. The first-order valence-corrected chi connectivity index (χ1v) is 4.02. The molecule has 0 unspecified atom stereocenters. The predicted octanol–water partition coefficient (Wildman–Crippen LogP) is 1.45. The third kappa shape index (κ3) is 2.14. The molecular weight excluding hydrogens is 234 g/mol. The summed E-state index contributed by atoms with van der Waals surface area (Å²) in [5.74, 6) is 0.860. The average molecular weight is 246 g/mol. The van der Waals surface area contributed by atoms with E-state index in [0.717, 1.165) is 18.7 Å². The molecular formula is C9H12BrNO2. The molecule has 1 aromatic rings. The van der Waals surface area contributed by atoms with Gasteiger partial charge in [-0.25, -0.2) is 0 Å². The van der Waals surface area contributed by atoms with Crippen molar-refractivity contribution in [3.05, 3.63) is 23.8 Å². The van der Waals surface area contributed by atoms with Gasteiger partial charge in [-0.3, -0.25) is 0 Å². The van der Waals surface area contributed by atoms with Crippen molar-refractivity contribution in [3.63, 3.8) is 0 Å². The smallest absolute Gasteiger partial charge is 0.165 e. The number of benzene rings is 1. The van der Waals surface area contributed by atoms with Gasteiger partial charge in [0.25, 0.3) is 0 Å². The number of phenolic OH excluding ortho intramolecular Hbond substituents is 1. The Labute approximate surface area is 87.5 Å². The van der Waals surface area contributed by atoms with Crippen molar-refractivity contribution in [1.82, 2.24) is 5.32 Å². The fourth-order valence-corrected chi connectivity index (χ4v) is 1.33. The number of phenols is 1. The molecule has 1 aliphatic heterocycles. The molecule has 0 bridgehead atoms. The molecule has 0 saturated heterocycles. The summed E-state index contributed by atoms with van der Waals surface area (Å²) in [5.41, 5.74) is 1.02. The summed E-state index contributed by atoms with van der Waals surface area (Å²) >= 11 is 0. The van der Waals surface area contributed by atoms with Gasteiger partial charge in [0.1, 0.15) is 6.61 Å². The Morgan fingerprint density at radius 1 is 1.38 bits per heavy atom. The van der Waals surface area contributed by atoms with Crippen LogP contribution in [0.4, 0.5) is 0 Å². The second-order valence-electron chi connectivity index (χ2n) is 2.79. The molecule has 2 N–H and O–H groups in total. The van der Waals surface area contributed by atoms with Crippen LogP contribution in [-0.2, 0) is 6.54 Å². The van der Waals surface area contributed by atoms with Crippen LogP contribution < -0.4 is 10.1 Å². The van der Waals surface area contributed by atoms with Crippen LogP contribution >= 0.6 is 17.0 Å². The number of ether oxygens (including phenoxy) is 1. The van der Waals surface area contributed by atoms with Crippen LogP contribution in [0.25, 0.3) is 0 Å². The van der Waals surface area contributed by atoms with Crippen molar-refractivity contribution in [2.45, 2.75) is 6.54 Å². The van der Waals surface area contributed by atoms with Crippen LogP contribution in [0.3, 0.4) is 0 Å². The molecule has 72 valence electrons. The van der Waals surface area contributed by atoms with E-state index >= 15 is 0 Å². The molecule has 0 aliphatic carbocycles. The molecule has 1 aromatic carbocycles. The minimum Gasteiger partial charge on any atom is -0.504 e. The van der Waals surface area contributed by atoms with Gasteiger partial charge in [-0.1, -0.05) is 12.1 Å². The highest BCUT2D eigenvalue weighted by Crippen LogP contribution is 2.30. The molecule has 2 rings (SSSR count). The average Bonchev–Trinajstić information content (AvgIpc) is 2.30. The van der Waals surface area contributed by atoms with Crippen molar-refractivity contribution in [2.75, 3.05) is 13.2 Å². The Kier molecular flexibility index (Phi) is 3.57. The van der Waals surface area contributed by atoms with E-state index in [0.29, 0.717) is 12.4 Å². The first kappa shape index (κ1) is 10.3.